The van der Waals surface area contributed by atoms with Gasteiger partial charge in [0.05, 0.1) is 6.42 Å². The molecule has 0 heterocycles. The molecular formula is C22H27NO4. The molecule has 0 aliphatic rings. The maximum Gasteiger partial charge on any atom is 0.329 e. The third kappa shape index (κ3) is 7.13. The van der Waals surface area contributed by atoms with E-state index >= 15 is 0 Å². The van der Waals surface area contributed by atoms with Crippen LogP contribution >= 0.6 is 0 Å². The topological polar surface area (TPSA) is 64.6 Å². The van der Waals surface area contributed by atoms with Gasteiger partial charge in [-0.05, 0) is 36.1 Å². The van der Waals surface area contributed by atoms with E-state index < -0.39 is 12.0 Å². The maximum absolute atomic E-state index is 12.3. The van der Waals surface area contributed by atoms with E-state index in [4.69, 9.17) is 9.47 Å². The summed E-state index contributed by atoms with van der Waals surface area (Å²) in [4.78, 5) is 24.6. The average Bonchev–Trinajstić information content (AvgIpc) is 2.64. The van der Waals surface area contributed by atoms with Crippen molar-refractivity contribution < 1.29 is 19.1 Å². The highest BCUT2D eigenvalue weighted by atomic mass is 16.6. The van der Waals surface area contributed by atoms with E-state index in [1.807, 2.05) is 75.4 Å². The zero-order valence-electron chi connectivity index (χ0n) is 16.1. The summed E-state index contributed by atoms with van der Waals surface area (Å²) in [6.07, 6.45) is 0.230. The van der Waals surface area contributed by atoms with Crippen LogP contribution in [0.4, 0.5) is 0 Å². The van der Waals surface area contributed by atoms with Gasteiger partial charge in [0.2, 0.25) is 5.91 Å². The number of carbonyl (C=O) groups is 2. The lowest BCUT2D eigenvalue weighted by Gasteiger charge is -2.21. The van der Waals surface area contributed by atoms with E-state index in [2.05, 4.69) is 5.32 Å². The zero-order valence-corrected chi connectivity index (χ0v) is 16.1. The first-order valence-corrected chi connectivity index (χ1v) is 9.15. The summed E-state index contributed by atoms with van der Waals surface area (Å²) in [5, 5.41) is 2.78. The fourth-order valence-electron chi connectivity index (χ4n) is 2.60. The first-order chi connectivity index (χ1) is 13.0. The van der Waals surface area contributed by atoms with Gasteiger partial charge in [-0.1, -0.05) is 56.3 Å². The lowest BCUT2D eigenvalue weighted by atomic mass is 10.0. The highest BCUT2D eigenvalue weighted by Gasteiger charge is 2.25. The Kier molecular flexibility index (Phi) is 7.86. The Morgan fingerprint density at radius 2 is 1.74 bits per heavy atom. The molecule has 5 heteroatoms. The summed E-state index contributed by atoms with van der Waals surface area (Å²) in [6.45, 7) is 6.12. The highest BCUT2D eigenvalue weighted by Crippen LogP contribution is 2.12. The van der Waals surface area contributed by atoms with Crippen LogP contribution in [-0.4, -0.2) is 31.1 Å². The van der Waals surface area contributed by atoms with Gasteiger partial charge >= 0.3 is 5.97 Å². The maximum atomic E-state index is 12.3. The number of ether oxygens (including phenoxy) is 2. The van der Waals surface area contributed by atoms with Crippen LogP contribution in [0.3, 0.4) is 0 Å². The van der Waals surface area contributed by atoms with Crippen LogP contribution in [0, 0.1) is 12.8 Å². The lowest BCUT2D eigenvalue weighted by molar-refractivity contribution is -0.149. The van der Waals surface area contributed by atoms with Crippen molar-refractivity contribution in [2.24, 2.45) is 5.92 Å². The molecule has 2 rings (SSSR count). The minimum absolute atomic E-state index is 0.0742. The van der Waals surface area contributed by atoms with E-state index in [1.54, 1.807) is 0 Å². The Morgan fingerprint density at radius 3 is 2.41 bits per heavy atom. The third-order valence-electron chi connectivity index (χ3n) is 4.03. The van der Waals surface area contributed by atoms with Crippen LogP contribution in [0.1, 0.15) is 25.0 Å². The summed E-state index contributed by atoms with van der Waals surface area (Å²) in [5.74, 6) is 0.0182. The van der Waals surface area contributed by atoms with Gasteiger partial charge in [-0.2, -0.15) is 0 Å². The molecule has 2 aromatic carbocycles. The Bertz CT molecular complexity index is 743. The van der Waals surface area contributed by atoms with Crippen LogP contribution in [0.15, 0.2) is 54.6 Å². The monoisotopic (exact) mass is 369 g/mol. The third-order valence-corrected chi connectivity index (χ3v) is 4.03. The number of esters is 1. The van der Waals surface area contributed by atoms with Crippen molar-refractivity contribution in [1.82, 2.24) is 5.32 Å². The molecule has 0 aliphatic heterocycles. The number of aryl methyl sites for hydroxylation is 1. The van der Waals surface area contributed by atoms with Crippen molar-refractivity contribution >= 4 is 11.9 Å². The molecule has 0 saturated carbocycles. The van der Waals surface area contributed by atoms with E-state index in [9.17, 15) is 9.59 Å². The Labute approximate surface area is 160 Å². The second-order valence-corrected chi connectivity index (χ2v) is 6.78. The molecule has 1 N–H and O–H groups in total. The standard InChI is InChI=1S/C22H27NO4/c1-16(2)21(23-20(24)15-18-9-5-4-6-10-18)22(25)27-13-12-26-19-11-7-8-17(3)14-19/h4-11,14,16,21H,12-13,15H2,1-3H3,(H,23,24)/t21-/m0/s1. The van der Waals surface area contributed by atoms with Gasteiger partial charge in [0.25, 0.3) is 0 Å². The predicted molar refractivity (Wildman–Crippen MR) is 105 cm³/mol. The lowest BCUT2D eigenvalue weighted by Crippen LogP contribution is -2.46. The summed E-state index contributed by atoms with van der Waals surface area (Å²) >= 11 is 0. The molecule has 0 saturated heterocycles. The van der Waals surface area contributed by atoms with E-state index in [0.717, 1.165) is 16.9 Å². The molecule has 5 nitrogen and oxygen atoms in total. The Morgan fingerprint density at radius 1 is 1.00 bits per heavy atom. The number of rotatable bonds is 9. The minimum atomic E-state index is -0.680. The van der Waals surface area contributed by atoms with Crippen LogP contribution < -0.4 is 10.1 Å². The van der Waals surface area contributed by atoms with Crippen molar-refractivity contribution in [3.05, 3.63) is 65.7 Å². The van der Waals surface area contributed by atoms with Crippen molar-refractivity contribution in [2.75, 3.05) is 13.2 Å². The number of hydrogen-bond acceptors (Lipinski definition) is 4. The second kappa shape index (κ2) is 10.4. The molecule has 144 valence electrons. The van der Waals surface area contributed by atoms with Crippen LogP contribution in [-0.2, 0) is 20.7 Å². The molecule has 0 aliphatic carbocycles. The summed E-state index contributed by atoms with van der Waals surface area (Å²) in [7, 11) is 0. The first kappa shape index (κ1) is 20.5. The molecule has 1 atom stereocenters. The molecule has 0 aromatic heterocycles. The molecule has 0 spiro atoms. The molecule has 0 bridgehead atoms. The fraction of sp³-hybridized carbons (Fsp3) is 0.364. The molecule has 0 radical (unpaired) electrons. The molecule has 0 fully saturated rings. The normalized spacial score (nSPS) is 11.7. The van der Waals surface area contributed by atoms with Gasteiger partial charge in [-0.15, -0.1) is 0 Å². The molecule has 1 amide bonds. The average molecular weight is 369 g/mol. The predicted octanol–water partition coefficient (Wildman–Crippen LogP) is 3.30. The second-order valence-electron chi connectivity index (χ2n) is 6.78. The SMILES string of the molecule is Cc1cccc(OCCOC(=O)[C@@H](NC(=O)Cc2ccccc2)C(C)C)c1. The largest absolute Gasteiger partial charge is 0.490 e. The van der Waals surface area contributed by atoms with Gasteiger partial charge in [0.15, 0.2) is 0 Å². The number of benzene rings is 2. The summed E-state index contributed by atoms with van der Waals surface area (Å²) < 4.78 is 10.9. The molecular weight excluding hydrogens is 342 g/mol. The van der Waals surface area contributed by atoms with Gasteiger partial charge < -0.3 is 14.8 Å². The van der Waals surface area contributed by atoms with Crippen molar-refractivity contribution in [1.29, 1.82) is 0 Å². The van der Waals surface area contributed by atoms with Gasteiger partial charge in [0.1, 0.15) is 25.0 Å². The highest BCUT2D eigenvalue weighted by molar-refractivity contribution is 5.85. The summed E-state index contributed by atoms with van der Waals surface area (Å²) in [6, 6.07) is 16.4. The number of nitrogens with one attached hydrogen (secondary N) is 1. The van der Waals surface area contributed by atoms with E-state index in [1.165, 1.54) is 0 Å². The molecule has 2 aromatic rings. The quantitative estimate of drug-likeness (QED) is 0.544. The Balaban J connectivity index is 1.79. The molecule has 0 unspecified atom stereocenters. The van der Waals surface area contributed by atoms with Crippen molar-refractivity contribution in [2.45, 2.75) is 33.2 Å². The van der Waals surface area contributed by atoms with Crippen LogP contribution in [0.2, 0.25) is 0 Å². The van der Waals surface area contributed by atoms with Crippen LogP contribution in [0.25, 0.3) is 0 Å². The molecule has 27 heavy (non-hydrogen) atoms. The first-order valence-electron chi connectivity index (χ1n) is 9.15. The van der Waals surface area contributed by atoms with E-state index in [-0.39, 0.29) is 31.5 Å². The smallest absolute Gasteiger partial charge is 0.329 e. The number of amides is 1. The minimum Gasteiger partial charge on any atom is -0.490 e. The number of carbonyl (C=O) groups excluding carboxylic acids is 2. The van der Waals surface area contributed by atoms with Crippen molar-refractivity contribution in [3.63, 3.8) is 0 Å². The van der Waals surface area contributed by atoms with Gasteiger partial charge in [-0.3, -0.25) is 4.79 Å². The van der Waals surface area contributed by atoms with E-state index in [0.29, 0.717) is 0 Å². The summed E-state index contributed by atoms with van der Waals surface area (Å²) in [5.41, 5.74) is 2.00. The fourth-order valence-corrected chi connectivity index (χ4v) is 2.60. The van der Waals surface area contributed by atoms with Crippen molar-refractivity contribution in [3.8, 4) is 5.75 Å². The van der Waals surface area contributed by atoms with Gasteiger partial charge in [0, 0.05) is 0 Å². The zero-order chi connectivity index (χ0) is 19.6. The van der Waals surface area contributed by atoms with Crippen LogP contribution in [0.5, 0.6) is 5.75 Å². The number of hydrogen-bond donors (Lipinski definition) is 1. The van der Waals surface area contributed by atoms with Gasteiger partial charge in [-0.25, -0.2) is 4.79 Å². The Hall–Kier alpha value is -2.82.